The van der Waals surface area contributed by atoms with Crippen molar-refractivity contribution in [2.75, 3.05) is 7.05 Å². The van der Waals surface area contributed by atoms with Gasteiger partial charge in [0.2, 0.25) is 0 Å². The largest absolute Gasteiger partial charge is 0.343 e. The zero-order valence-electron chi connectivity index (χ0n) is 12.0. The Hall–Kier alpha value is -2.57. The molecule has 0 atom stereocenters. The molecule has 0 aliphatic rings. The van der Waals surface area contributed by atoms with Gasteiger partial charge in [-0.05, 0) is 36.4 Å². The second-order valence-electron chi connectivity index (χ2n) is 5.14. The van der Waals surface area contributed by atoms with Crippen molar-refractivity contribution in [3.8, 4) is 6.07 Å². The molecule has 21 heavy (non-hydrogen) atoms. The molecule has 0 unspecified atom stereocenters. The molecule has 0 saturated heterocycles. The lowest BCUT2D eigenvalue weighted by molar-refractivity contribution is 0.795. The van der Waals surface area contributed by atoms with Gasteiger partial charge in [0.25, 0.3) is 0 Å². The fourth-order valence-corrected chi connectivity index (χ4v) is 2.67. The Bertz CT molecular complexity index is 791. The third-order valence-corrected chi connectivity index (χ3v) is 3.67. The summed E-state index contributed by atoms with van der Waals surface area (Å²) in [5.41, 5.74) is 4.45. The summed E-state index contributed by atoms with van der Waals surface area (Å²) in [5, 5.41) is 13.4. The fraction of sp³-hybridized carbons (Fsp3) is 0.167. The lowest BCUT2D eigenvalue weighted by atomic mass is 10.1. The van der Waals surface area contributed by atoms with Gasteiger partial charge in [-0.3, -0.25) is 0 Å². The number of fused-ring (bicyclic) bond motifs is 1. The summed E-state index contributed by atoms with van der Waals surface area (Å²) in [4.78, 5) is 0. The molecule has 0 fully saturated rings. The molecule has 3 aromatic rings. The van der Waals surface area contributed by atoms with Gasteiger partial charge in [-0.1, -0.05) is 30.3 Å². The van der Waals surface area contributed by atoms with Crippen LogP contribution < -0.4 is 5.32 Å². The lowest BCUT2D eigenvalue weighted by Crippen LogP contribution is -2.04. The Morgan fingerprint density at radius 3 is 2.57 bits per heavy atom. The lowest BCUT2D eigenvalue weighted by Gasteiger charge is -2.05. The minimum absolute atomic E-state index is 0.701. The molecule has 0 saturated carbocycles. The first-order valence-corrected chi connectivity index (χ1v) is 7.02. The Morgan fingerprint density at radius 2 is 1.86 bits per heavy atom. The number of rotatable bonds is 4. The molecule has 1 N–H and O–H groups in total. The summed E-state index contributed by atoms with van der Waals surface area (Å²) in [6.45, 7) is 1.68. The van der Waals surface area contributed by atoms with Gasteiger partial charge < -0.3 is 9.88 Å². The van der Waals surface area contributed by atoms with Crippen molar-refractivity contribution in [3.05, 3.63) is 71.4 Å². The van der Waals surface area contributed by atoms with Crippen molar-refractivity contribution >= 4 is 10.9 Å². The monoisotopic (exact) mass is 275 g/mol. The van der Waals surface area contributed by atoms with Gasteiger partial charge >= 0.3 is 0 Å². The molecule has 2 aromatic carbocycles. The predicted octanol–water partition coefficient (Wildman–Crippen LogP) is 3.28. The van der Waals surface area contributed by atoms with E-state index in [1.54, 1.807) is 0 Å². The second-order valence-corrected chi connectivity index (χ2v) is 5.14. The summed E-state index contributed by atoms with van der Waals surface area (Å²) in [5.74, 6) is 0. The Kier molecular flexibility index (Phi) is 3.72. The molecule has 0 spiro atoms. The van der Waals surface area contributed by atoms with Crippen LogP contribution in [0.15, 0.2) is 54.7 Å². The molecular formula is C18H17N3. The summed E-state index contributed by atoms with van der Waals surface area (Å²) in [6, 6.07) is 18.4. The van der Waals surface area contributed by atoms with E-state index < -0.39 is 0 Å². The quantitative estimate of drug-likeness (QED) is 0.794. The highest BCUT2D eigenvalue weighted by molar-refractivity contribution is 5.84. The van der Waals surface area contributed by atoms with Crippen molar-refractivity contribution in [2.24, 2.45) is 0 Å². The summed E-state index contributed by atoms with van der Waals surface area (Å²) >= 11 is 0. The van der Waals surface area contributed by atoms with E-state index >= 15 is 0 Å². The minimum Gasteiger partial charge on any atom is -0.343 e. The van der Waals surface area contributed by atoms with E-state index in [9.17, 15) is 0 Å². The average Bonchev–Trinajstić information content (AvgIpc) is 2.87. The van der Waals surface area contributed by atoms with Crippen molar-refractivity contribution in [2.45, 2.75) is 13.1 Å². The number of nitrogens with one attached hydrogen (secondary N) is 1. The normalized spacial score (nSPS) is 10.7. The maximum atomic E-state index is 8.86. The van der Waals surface area contributed by atoms with Crippen LogP contribution in [0.25, 0.3) is 10.9 Å². The Balaban J connectivity index is 1.98. The van der Waals surface area contributed by atoms with Crippen LogP contribution in [0, 0.1) is 11.3 Å². The van der Waals surface area contributed by atoms with Crippen LogP contribution in [0.3, 0.4) is 0 Å². The predicted molar refractivity (Wildman–Crippen MR) is 85.0 cm³/mol. The molecule has 0 aliphatic heterocycles. The molecule has 1 heterocycles. The van der Waals surface area contributed by atoms with Crippen LogP contribution in [0.1, 0.15) is 16.7 Å². The van der Waals surface area contributed by atoms with Crippen LogP contribution in [0.4, 0.5) is 0 Å². The summed E-state index contributed by atoms with van der Waals surface area (Å²) in [7, 11) is 1.97. The number of para-hydroxylation sites is 1. The van der Waals surface area contributed by atoms with E-state index in [1.807, 2.05) is 31.3 Å². The van der Waals surface area contributed by atoms with E-state index in [-0.39, 0.29) is 0 Å². The fourth-order valence-electron chi connectivity index (χ4n) is 2.67. The molecule has 0 aliphatic carbocycles. The smallest absolute Gasteiger partial charge is 0.0991 e. The van der Waals surface area contributed by atoms with Gasteiger partial charge in [-0.15, -0.1) is 0 Å². The van der Waals surface area contributed by atoms with Gasteiger partial charge in [0.1, 0.15) is 0 Å². The van der Waals surface area contributed by atoms with Crippen LogP contribution in [-0.2, 0) is 13.1 Å². The molecule has 3 rings (SSSR count). The average molecular weight is 275 g/mol. The SMILES string of the molecule is CNCc1cn(Cc2ccc(C#N)cc2)c2ccccc12. The molecule has 3 heteroatoms. The molecule has 3 nitrogen and oxygen atoms in total. The molecule has 1 aromatic heterocycles. The molecular weight excluding hydrogens is 258 g/mol. The third kappa shape index (κ3) is 2.67. The van der Waals surface area contributed by atoms with E-state index in [0.717, 1.165) is 13.1 Å². The summed E-state index contributed by atoms with van der Waals surface area (Å²) < 4.78 is 2.27. The minimum atomic E-state index is 0.701. The van der Waals surface area contributed by atoms with E-state index in [2.05, 4.69) is 46.4 Å². The van der Waals surface area contributed by atoms with Gasteiger partial charge in [0, 0.05) is 30.2 Å². The first-order valence-electron chi connectivity index (χ1n) is 7.02. The number of aromatic nitrogens is 1. The van der Waals surface area contributed by atoms with Gasteiger partial charge in [-0.2, -0.15) is 5.26 Å². The van der Waals surface area contributed by atoms with Crippen LogP contribution in [0.5, 0.6) is 0 Å². The Labute approximate surface area is 124 Å². The van der Waals surface area contributed by atoms with Crippen molar-refractivity contribution in [3.63, 3.8) is 0 Å². The van der Waals surface area contributed by atoms with E-state index in [0.29, 0.717) is 5.56 Å². The highest BCUT2D eigenvalue weighted by Crippen LogP contribution is 2.22. The zero-order valence-corrected chi connectivity index (χ0v) is 12.0. The topological polar surface area (TPSA) is 40.8 Å². The van der Waals surface area contributed by atoms with Crippen LogP contribution >= 0.6 is 0 Å². The number of benzene rings is 2. The highest BCUT2D eigenvalue weighted by Gasteiger charge is 2.07. The van der Waals surface area contributed by atoms with Crippen LogP contribution in [0.2, 0.25) is 0 Å². The maximum Gasteiger partial charge on any atom is 0.0991 e. The first kappa shape index (κ1) is 13.4. The third-order valence-electron chi connectivity index (χ3n) is 3.67. The molecule has 0 radical (unpaired) electrons. The molecule has 0 amide bonds. The molecule has 104 valence electrons. The zero-order chi connectivity index (χ0) is 14.7. The summed E-state index contributed by atoms with van der Waals surface area (Å²) in [6.07, 6.45) is 2.21. The van der Waals surface area contributed by atoms with Gasteiger partial charge in [0.05, 0.1) is 11.6 Å². The second kappa shape index (κ2) is 5.82. The van der Waals surface area contributed by atoms with Crippen molar-refractivity contribution in [1.29, 1.82) is 5.26 Å². The number of nitrogens with zero attached hydrogens (tertiary/aromatic N) is 2. The maximum absolute atomic E-state index is 8.86. The van der Waals surface area contributed by atoms with Gasteiger partial charge in [0.15, 0.2) is 0 Å². The number of hydrogen-bond acceptors (Lipinski definition) is 2. The Morgan fingerprint density at radius 1 is 1.10 bits per heavy atom. The van der Waals surface area contributed by atoms with Crippen molar-refractivity contribution < 1.29 is 0 Å². The van der Waals surface area contributed by atoms with Gasteiger partial charge in [-0.25, -0.2) is 0 Å². The first-order chi connectivity index (χ1) is 10.3. The number of nitriles is 1. The molecule has 0 bridgehead atoms. The highest BCUT2D eigenvalue weighted by atomic mass is 15.0. The van der Waals surface area contributed by atoms with Crippen molar-refractivity contribution in [1.82, 2.24) is 9.88 Å². The standard InChI is InChI=1S/C18H17N3/c1-20-11-16-13-21(18-5-3-2-4-17(16)18)12-15-8-6-14(10-19)7-9-15/h2-9,13,20H,11-12H2,1H3. The number of hydrogen-bond donors (Lipinski definition) is 1. The van der Waals surface area contributed by atoms with E-state index in [1.165, 1.54) is 22.0 Å². The van der Waals surface area contributed by atoms with Crippen LogP contribution in [-0.4, -0.2) is 11.6 Å². The van der Waals surface area contributed by atoms with E-state index in [4.69, 9.17) is 5.26 Å².